The average molecular weight is 278 g/mol. The Labute approximate surface area is 116 Å². The van der Waals surface area contributed by atoms with Crippen molar-refractivity contribution in [2.24, 2.45) is 5.92 Å². The van der Waals surface area contributed by atoms with Gasteiger partial charge in [0.25, 0.3) is 0 Å². The molecule has 102 valence electrons. The quantitative estimate of drug-likeness (QED) is 0.922. The number of hydrogen-bond acceptors (Lipinski definition) is 5. The number of nitrogens with zero attached hydrogens (tertiary/aromatic N) is 3. The minimum Gasteiger partial charge on any atom is -0.375 e. The van der Waals surface area contributed by atoms with Crippen LogP contribution in [0.15, 0.2) is 17.5 Å². The van der Waals surface area contributed by atoms with E-state index in [0.29, 0.717) is 12.5 Å². The Morgan fingerprint density at radius 3 is 3.37 bits per heavy atom. The highest BCUT2D eigenvalue weighted by Crippen LogP contribution is 2.14. The molecule has 0 fully saturated rings. The zero-order valence-corrected chi connectivity index (χ0v) is 11.8. The Balaban J connectivity index is 1.54. The summed E-state index contributed by atoms with van der Waals surface area (Å²) < 4.78 is 7.71. The SMILES string of the molecule is Cc1nnn2c1COC[C@H](CNCc1cccs1)C2. The fourth-order valence-corrected chi connectivity index (χ4v) is 2.98. The summed E-state index contributed by atoms with van der Waals surface area (Å²) in [5, 5.41) is 13.9. The Morgan fingerprint density at radius 2 is 2.53 bits per heavy atom. The van der Waals surface area contributed by atoms with Gasteiger partial charge >= 0.3 is 0 Å². The number of aromatic nitrogens is 3. The van der Waals surface area contributed by atoms with E-state index < -0.39 is 0 Å². The normalized spacial score (nSPS) is 19.1. The molecule has 0 aliphatic carbocycles. The third kappa shape index (κ3) is 3.02. The van der Waals surface area contributed by atoms with Crippen LogP contribution in [0.1, 0.15) is 16.3 Å². The van der Waals surface area contributed by atoms with Crippen molar-refractivity contribution in [1.29, 1.82) is 0 Å². The van der Waals surface area contributed by atoms with Crippen LogP contribution in [0, 0.1) is 12.8 Å². The molecule has 0 amide bonds. The molecule has 0 bridgehead atoms. The highest BCUT2D eigenvalue weighted by Gasteiger charge is 2.19. The van der Waals surface area contributed by atoms with Crippen LogP contribution >= 0.6 is 11.3 Å². The molecule has 0 spiro atoms. The van der Waals surface area contributed by atoms with Gasteiger partial charge in [-0.15, -0.1) is 16.4 Å². The minimum absolute atomic E-state index is 0.447. The molecular weight excluding hydrogens is 260 g/mol. The monoisotopic (exact) mass is 278 g/mol. The maximum absolute atomic E-state index is 5.72. The fraction of sp³-hybridized carbons (Fsp3) is 0.538. The van der Waals surface area contributed by atoms with E-state index >= 15 is 0 Å². The molecule has 1 aliphatic heterocycles. The fourth-order valence-electron chi connectivity index (χ4n) is 2.30. The zero-order valence-electron chi connectivity index (χ0n) is 11.0. The van der Waals surface area contributed by atoms with Gasteiger partial charge in [-0.25, -0.2) is 4.68 Å². The van der Waals surface area contributed by atoms with Crippen LogP contribution in [0.2, 0.25) is 0 Å². The molecular formula is C13H18N4OS. The van der Waals surface area contributed by atoms with Crippen molar-refractivity contribution in [3.63, 3.8) is 0 Å². The number of ether oxygens (including phenoxy) is 1. The van der Waals surface area contributed by atoms with E-state index in [4.69, 9.17) is 4.74 Å². The largest absolute Gasteiger partial charge is 0.375 e. The zero-order chi connectivity index (χ0) is 13.1. The van der Waals surface area contributed by atoms with Gasteiger partial charge in [0, 0.05) is 30.4 Å². The van der Waals surface area contributed by atoms with Gasteiger partial charge in [0.1, 0.15) is 0 Å². The van der Waals surface area contributed by atoms with E-state index in [1.165, 1.54) is 4.88 Å². The smallest absolute Gasteiger partial charge is 0.0904 e. The molecule has 6 heteroatoms. The highest BCUT2D eigenvalue weighted by molar-refractivity contribution is 7.09. The third-order valence-electron chi connectivity index (χ3n) is 3.37. The van der Waals surface area contributed by atoms with Gasteiger partial charge in [-0.1, -0.05) is 11.3 Å². The number of hydrogen-bond donors (Lipinski definition) is 1. The molecule has 1 aliphatic rings. The summed E-state index contributed by atoms with van der Waals surface area (Å²) in [6.45, 7) is 6.14. The van der Waals surface area contributed by atoms with Crippen LogP contribution < -0.4 is 5.32 Å². The van der Waals surface area contributed by atoms with Gasteiger partial charge < -0.3 is 10.1 Å². The van der Waals surface area contributed by atoms with Gasteiger partial charge in [0.2, 0.25) is 0 Å². The Hall–Kier alpha value is -1.24. The highest BCUT2D eigenvalue weighted by atomic mass is 32.1. The molecule has 0 saturated carbocycles. The van der Waals surface area contributed by atoms with Crippen molar-refractivity contribution in [2.45, 2.75) is 26.6 Å². The molecule has 19 heavy (non-hydrogen) atoms. The molecule has 0 radical (unpaired) electrons. The predicted octanol–water partition coefficient (Wildman–Crippen LogP) is 1.58. The summed E-state index contributed by atoms with van der Waals surface area (Å²) in [4.78, 5) is 1.37. The number of fused-ring (bicyclic) bond motifs is 1. The van der Waals surface area contributed by atoms with E-state index in [-0.39, 0.29) is 0 Å². The summed E-state index contributed by atoms with van der Waals surface area (Å²) in [7, 11) is 0. The van der Waals surface area contributed by atoms with Crippen LogP contribution in [-0.4, -0.2) is 28.1 Å². The van der Waals surface area contributed by atoms with Crippen LogP contribution in [0.4, 0.5) is 0 Å². The molecule has 1 atom stereocenters. The molecule has 2 aromatic heterocycles. The van der Waals surface area contributed by atoms with E-state index in [2.05, 4.69) is 33.1 Å². The molecule has 5 nitrogen and oxygen atoms in total. The van der Waals surface area contributed by atoms with Gasteiger partial charge in [0.05, 0.1) is 24.6 Å². The topological polar surface area (TPSA) is 52.0 Å². The molecule has 0 unspecified atom stereocenters. The summed E-state index contributed by atoms with van der Waals surface area (Å²) >= 11 is 1.78. The average Bonchev–Trinajstić information content (AvgIpc) is 2.97. The second-order valence-corrected chi connectivity index (χ2v) is 5.93. The van der Waals surface area contributed by atoms with Crippen molar-refractivity contribution in [1.82, 2.24) is 20.3 Å². The number of thiophene rings is 1. The van der Waals surface area contributed by atoms with Crippen LogP contribution in [0.3, 0.4) is 0 Å². The van der Waals surface area contributed by atoms with Crippen molar-refractivity contribution in [2.75, 3.05) is 13.2 Å². The summed E-state index contributed by atoms with van der Waals surface area (Å²) in [6, 6.07) is 4.24. The van der Waals surface area contributed by atoms with Gasteiger partial charge in [-0.3, -0.25) is 0 Å². The minimum atomic E-state index is 0.447. The van der Waals surface area contributed by atoms with E-state index in [9.17, 15) is 0 Å². The van der Waals surface area contributed by atoms with E-state index in [0.717, 1.165) is 37.6 Å². The first kappa shape index (κ1) is 12.8. The predicted molar refractivity (Wildman–Crippen MR) is 73.9 cm³/mol. The molecule has 0 saturated heterocycles. The lowest BCUT2D eigenvalue weighted by Gasteiger charge is -2.14. The molecule has 3 rings (SSSR count). The number of nitrogens with one attached hydrogen (secondary N) is 1. The number of aryl methyl sites for hydroxylation is 1. The van der Waals surface area contributed by atoms with Crippen molar-refractivity contribution in [3.8, 4) is 0 Å². The summed E-state index contributed by atoms with van der Waals surface area (Å²) in [5.74, 6) is 0.447. The van der Waals surface area contributed by atoms with E-state index in [1.807, 2.05) is 11.6 Å². The summed E-state index contributed by atoms with van der Waals surface area (Å²) in [5.41, 5.74) is 2.09. The Bertz CT molecular complexity index is 523. The first-order valence-corrected chi connectivity index (χ1v) is 7.40. The van der Waals surface area contributed by atoms with Gasteiger partial charge in [-0.2, -0.15) is 0 Å². The van der Waals surface area contributed by atoms with Crippen LogP contribution in [0.25, 0.3) is 0 Å². The number of rotatable bonds is 4. The van der Waals surface area contributed by atoms with Crippen LogP contribution in [-0.2, 0) is 24.4 Å². The standard InChI is InChI=1S/C13H18N4OS/c1-10-13-9-18-8-11(7-17(13)16-15-10)5-14-6-12-3-2-4-19-12/h2-4,11,14H,5-9H2,1H3/t11-/m1/s1. The van der Waals surface area contributed by atoms with Crippen molar-refractivity contribution in [3.05, 3.63) is 33.8 Å². The Kier molecular flexibility index (Phi) is 3.91. The summed E-state index contributed by atoms with van der Waals surface area (Å²) in [6.07, 6.45) is 0. The Morgan fingerprint density at radius 1 is 1.58 bits per heavy atom. The maximum atomic E-state index is 5.72. The molecule has 1 N–H and O–H groups in total. The van der Waals surface area contributed by atoms with Gasteiger partial charge in [0.15, 0.2) is 0 Å². The van der Waals surface area contributed by atoms with Crippen molar-refractivity contribution < 1.29 is 4.74 Å². The lowest BCUT2D eigenvalue weighted by atomic mass is 10.1. The first-order valence-electron chi connectivity index (χ1n) is 6.52. The van der Waals surface area contributed by atoms with Crippen molar-refractivity contribution >= 4 is 11.3 Å². The maximum Gasteiger partial charge on any atom is 0.0904 e. The second-order valence-electron chi connectivity index (χ2n) is 4.90. The lowest BCUT2D eigenvalue weighted by molar-refractivity contribution is 0.0936. The van der Waals surface area contributed by atoms with Gasteiger partial charge in [-0.05, 0) is 18.4 Å². The molecule has 2 aromatic rings. The molecule has 0 aromatic carbocycles. The second kappa shape index (κ2) is 5.81. The lowest BCUT2D eigenvalue weighted by Crippen LogP contribution is -2.28. The molecule has 3 heterocycles. The first-order chi connectivity index (χ1) is 9.33. The van der Waals surface area contributed by atoms with Crippen LogP contribution in [0.5, 0.6) is 0 Å². The third-order valence-corrected chi connectivity index (χ3v) is 4.24. The van der Waals surface area contributed by atoms with E-state index in [1.54, 1.807) is 11.3 Å².